The van der Waals surface area contributed by atoms with E-state index in [-0.39, 0.29) is 5.82 Å². The van der Waals surface area contributed by atoms with Crippen molar-refractivity contribution in [2.45, 2.75) is 5.88 Å². The Morgan fingerprint density at radius 1 is 1.12 bits per heavy atom. The van der Waals surface area contributed by atoms with Gasteiger partial charge in [0.1, 0.15) is 17.3 Å². The summed E-state index contributed by atoms with van der Waals surface area (Å²) in [6.07, 6.45) is 0. The zero-order chi connectivity index (χ0) is 12.3. The van der Waals surface area contributed by atoms with Crippen LogP contribution in [-0.4, -0.2) is 0 Å². The zero-order valence-electron chi connectivity index (χ0n) is 8.79. The molecule has 1 nitrogen and oxygen atoms in total. The number of hydrogen-bond acceptors (Lipinski definition) is 1. The van der Waals surface area contributed by atoms with Gasteiger partial charge in [-0.2, -0.15) is 0 Å². The summed E-state index contributed by atoms with van der Waals surface area (Å²) >= 11 is 9.13. The lowest BCUT2D eigenvalue weighted by atomic mass is 10.2. The van der Waals surface area contributed by atoms with Gasteiger partial charge in [0, 0.05) is 5.88 Å². The third kappa shape index (κ3) is 3.20. The normalized spacial score (nSPS) is 10.3. The van der Waals surface area contributed by atoms with Crippen molar-refractivity contribution in [3.05, 3.63) is 58.3 Å². The van der Waals surface area contributed by atoms with Crippen molar-refractivity contribution in [3.63, 3.8) is 0 Å². The third-order valence-corrected chi connectivity index (χ3v) is 3.12. The predicted octanol–water partition coefficient (Wildman–Crippen LogP) is 5.12. The van der Waals surface area contributed by atoms with Gasteiger partial charge in [0.05, 0.1) is 4.47 Å². The standard InChI is InChI=1S/C13H9BrClFO/c14-12-7-9(8-15)1-6-13(12)17-11-4-2-10(16)3-5-11/h1-7H,8H2. The second-order valence-electron chi connectivity index (χ2n) is 3.45. The highest BCUT2D eigenvalue weighted by atomic mass is 79.9. The van der Waals surface area contributed by atoms with Crippen LogP contribution >= 0.6 is 27.5 Å². The molecule has 0 aromatic heterocycles. The van der Waals surface area contributed by atoms with E-state index in [1.54, 1.807) is 12.1 Å². The van der Waals surface area contributed by atoms with E-state index in [9.17, 15) is 4.39 Å². The van der Waals surface area contributed by atoms with E-state index in [2.05, 4.69) is 15.9 Å². The lowest BCUT2D eigenvalue weighted by Gasteiger charge is -2.08. The summed E-state index contributed by atoms with van der Waals surface area (Å²) in [4.78, 5) is 0. The van der Waals surface area contributed by atoms with Gasteiger partial charge < -0.3 is 4.74 Å². The molecule has 2 aromatic carbocycles. The van der Waals surface area contributed by atoms with E-state index in [1.165, 1.54) is 12.1 Å². The third-order valence-electron chi connectivity index (χ3n) is 2.19. The molecule has 0 spiro atoms. The summed E-state index contributed by atoms with van der Waals surface area (Å²) in [6, 6.07) is 11.5. The molecule has 0 aliphatic heterocycles. The second kappa shape index (κ2) is 5.52. The maximum absolute atomic E-state index is 12.7. The van der Waals surface area contributed by atoms with Crippen molar-refractivity contribution in [1.82, 2.24) is 0 Å². The lowest BCUT2D eigenvalue weighted by molar-refractivity contribution is 0.477. The minimum Gasteiger partial charge on any atom is -0.456 e. The summed E-state index contributed by atoms with van der Waals surface area (Å²) in [5.74, 6) is 1.43. The summed E-state index contributed by atoms with van der Waals surface area (Å²) in [5.41, 5.74) is 1.00. The Kier molecular flexibility index (Phi) is 4.02. The van der Waals surface area contributed by atoms with E-state index >= 15 is 0 Å². The summed E-state index contributed by atoms with van der Waals surface area (Å²) in [7, 11) is 0. The fourth-order valence-electron chi connectivity index (χ4n) is 1.34. The average molecular weight is 316 g/mol. The van der Waals surface area contributed by atoms with Crippen molar-refractivity contribution < 1.29 is 9.13 Å². The molecule has 2 rings (SSSR count). The topological polar surface area (TPSA) is 9.23 Å². The number of alkyl halides is 1. The van der Waals surface area contributed by atoms with Gasteiger partial charge in [0.2, 0.25) is 0 Å². The van der Waals surface area contributed by atoms with Crippen LogP contribution in [0, 0.1) is 5.82 Å². The Bertz CT molecular complexity index is 513. The van der Waals surface area contributed by atoms with Crippen molar-refractivity contribution in [2.75, 3.05) is 0 Å². The number of hydrogen-bond donors (Lipinski definition) is 0. The highest BCUT2D eigenvalue weighted by molar-refractivity contribution is 9.10. The van der Waals surface area contributed by atoms with Crippen LogP contribution in [0.3, 0.4) is 0 Å². The SMILES string of the molecule is Fc1ccc(Oc2ccc(CCl)cc2Br)cc1. The molecular weight excluding hydrogens is 306 g/mol. The summed E-state index contributed by atoms with van der Waals surface area (Å²) in [5, 5.41) is 0. The molecular formula is C13H9BrClFO. The molecule has 0 heterocycles. The van der Waals surface area contributed by atoms with Crippen molar-refractivity contribution >= 4 is 27.5 Å². The molecule has 2 aromatic rings. The summed E-state index contributed by atoms with van der Waals surface area (Å²) in [6.45, 7) is 0. The van der Waals surface area contributed by atoms with Gasteiger partial charge in [-0.1, -0.05) is 6.07 Å². The highest BCUT2D eigenvalue weighted by Gasteiger charge is 2.04. The molecule has 0 amide bonds. The molecule has 0 radical (unpaired) electrons. The van der Waals surface area contributed by atoms with Crippen molar-refractivity contribution in [1.29, 1.82) is 0 Å². The van der Waals surface area contributed by atoms with Crippen LogP contribution in [0.5, 0.6) is 11.5 Å². The monoisotopic (exact) mass is 314 g/mol. The molecule has 0 N–H and O–H groups in total. The first-order valence-electron chi connectivity index (χ1n) is 4.97. The van der Waals surface area contributed by atoms with Gasteiger partial charge in [0.25, 0.3) is 0 Å². The fraction of sp³-hybridized carbons (Fsp3) is 0.0769. The van der Waals surface area contributed by atoms with Gasteiger partial charge in [0.15, 0.2) is 0 Å². The van der Waals surface area contributed by atoms with E-state index in [0.29, 0.717) is 17.4 Å². The Hall–Kier alpha value is -1.06. The zero-order valence-corrected chi connectivity index (χ0v) is 11.1. The molecule has 0 bridgehead atoms. The van der Waals surface area contributed by atoms with E-state index < -0.39 is 0 Å². The van der Waals surface area contributed by atoms with Crippen LogP contribution in [0.25, 0.3) is 0 Å². The average Bonchev–Trinajstić information content (AvgIpc) is 2.34. The molecule has 0 saturated carbocycles. The molecule has 0 fully saturated rings. The molecule has 0 atom stereocenters. The Labute approximate surface area is 112 Å². The van der Waals surface area contributed by atoms with Crippen LogP contribution < -0.4 is 4.74 Å². The first-order chi connectivity index (χ1) is 8.19. The lowest BCUT2D eigenvalue weighted by Crippen LogP contribution is -1.87. The molecule has 0 aliphatic rings. The van der Waals surface area contributed by atoms with E-state index in [4.69, 9.17) is 16.3 Å². The highest BCUT2D eigenvalue weighted by Crippen LogP contribution is 2.30. The van der Waals surface area contributed by atoms with Gasteiger partial charge in [-0.05, 0) is 57.9 Å². The molecule has 17 heavy (non-hydrogen) atoms. The Morgan fingerprint density at radius 2 is 1.82 bits per heavy atom. The van der Waals surface area contributed by atoms with Crippen molar-refractivity contribution in [3.8, 4) is 11.5 Å². The van der Waals surface area contributed by atoms with Crippen LogP contribution in [0.4, 0.5) is 4.39 Å². The molecule has 0 aliphatic carbocycles. The maximum Gasteiger partial charge on any atom is 0.141 e. The molecule has 4 heteroatoms. The van der Waals surface area contributed by atoms with Crippen LogP contribution in [0.15, 0.2) is 46.9 Å². The first-order valence-corrected chi connectivity index (χ1v) is 6.29. The Morgan fingerprint density at radius 3 is 2.41 bits per heavy atom. The fourth-order valence-corrected chi connectivity index (χ4v) is 2.01. The second-order valence-corrected chi connectivity index (χ2v) is 4.58. The maximum atomic E-state index is 12.7. The number of halogens is 3. The quantitative estimate of drug-likeness (QED) is 0.714. The number of rotatable bonds is 3. The van der Waals surface area contributed by atoms with Crippen LogP contribution in [0.1, 0.15) is 5.56 Å². The predicted molar refractivity (Wildman–Crippen MR) is 70.2 cm³/mol. The van der Waals surface area contributed by atoms with E-state index in [1.807, 2.05) is 18.2 Å². The minimum atomic E-state index is -0.283. The van der Waals surface area contributed by atoms with Crippen LogP contribution in [0.2, 0.25) is 0 Å². The van der Waals surface area contributed by atoms with Gasteiger partial charge in [-0.15, -0.1) is 11.6 Å². The molecule has 0 saturated heterocycles. The Balaban J connectivity index is 2.21. The first kappa shape index (κ1) is 12.4. The van der Waals surface area contributed by atoms with Crippen LogP contribution in [-0.2, 0) is 5.88 Å². The smallest absolute Gasteiger partial charge is 0.141 e. The summed E-state index contributed by atoms with van der Waals surface area (Å²) < 4.78 is 19.2. The van der Waals surface area contributed by atoms with Crippen molar-refractivity contribution in [2.24, 2.45) is 0 Å². The molecule has 0 unspecified atom stereocenters. The van der Waals surface area contributed by atoms with E-state index in [0.717, 1.165) is 10.0 Å². The minimum absolute atomic E-state index is 0.283. The molecule has 88 valence electrons. The number of ether oxygens (including phenoxy) is 1. The van der Waals surface area contributed by atoms with Gasteiger partial charge >= 0.3 is 0 Å². The van der Waals surface area contributed by atoms with Gasteiger partial charge in [-0.25, -0.2) is 4.39 Å². The van der Waals surface area contributed by atoms with Gasteiger partial charge in [-0.3, -0.25) is 0 Å². The number of benzene rings is 2. The largest absolute Gasteiger partial charge is 0.456 e.